The number of hydrogen-bond acceptors (Lipinski definition) is 7. The van der Waals surface area contributed by atoms with Crippen molar-refractivity contribution in [3.63, 3.8) is 0 Å². The zero-order chi connectivity index (χ0) is 27.2. The summed E-state index contributed by atoms with van der Waals surface area (Å²) < 4.78 is 11.3. The van der Waals surface area contributed by atoms with E-state index in [0.717, 1.165) is 53.5 Å². The lowest BCUT2D eigenvalue weighted by Gasteiger charge is -2.32. The summed E-state index contributed by atoms with van der Waals surface area (Å²) in [5, 5.41) is 10.7. The second-order valence-electron chi connectivity index (χ2n) is 9.92. The number of amidine groups is 1. The molecule has 1 fully saturated rings. The van der Waals surface area contributed by atoms with Gasteiger partial charge in [-0.1, -0.05) is 29.8 Å². The maximum atomic E-state index is 6.65. The summed E-state index contributed by atoms with van der Waals surface area (Å²) in [5.41, 5.74) is 10.9. The molecular formula is C28H41ClN6O2. The van der Waals surface area contributed by atoms with Crippen LogP contribution in [0.1, 0.15) is 57.1 Å². The van der Waals surface area contributed by atoms with Crippen molar-refractivity contribution in [3.05, 3.63) is 70.0 Å². The van der Waals surface area contributed by atoms with Crippen LogP contribution in [0.2, 0.25) is 5.02 Å². The van der Waals surface area contributed by atoms with E-state index in [0.29, 0.717) is 23.9 Å². The van der Waals surface area contributed by atoms with Gasteiger partial charge in [0.15, 0.2) is 5.84 Å². The van der Waals surface area contributed by atoms with Gasteiger partial charge in [-0.05, 0) is 56.9 Å². The van der Waals surface area contributed by atoms with Gasteiger partial charge < -0.3 is 25.4 Å². The fourth-order valence-electron chi connectivity index (χ4n) is 4.47. The predicted molar refractivity (Wildman–Crippen MR) is 152 cm³/mol. The van der Waals surface area contributed by atoms with Crippen LogP contribution in [0.4, 0.5) is 0 Å². The van der Waals surface area contributed by atoms with Crippen LogP contribution in [0, 0.1) is 0 Å². The molecule has 0 aromatic heterocycles. The highest BCUT2D eigenvalue weighted by molar-refractivity contribution is 6.45. The number of rotatable bonds is 9. The Morgan fingerprint density at radius 3 is 2.78 bits per heavy atom. The SMILES string of the molecule is CN/C(C)=C\N(C)C1=C(OC)N=C(/C(N)=N/N2CCC[C@H](c3cc(C(C)(C)OC)ccc3Cl)C2)C=CC1. The molecule has 202 valence electrons. The first kappa shape index (κ1) is 28.6. The molecule has 0 spiro atoms. The van der Waals surface area contributed by atoms with Crippen LogP contribution in [-0.4, -0.2) is 62.9 Å². The van der Waals surface area contributed by atoms with Crippen LogP contribution in [0.25, 0.3) is 0 Å². The number of nitrogens with zero attached hydrogens (tertiary/aromatic N) is 4. The minimum atomic E-state index is -0.388. The van der Waals surface area contributed by atoms with Gasteiger partial charge in [-0.15, -0.1) is 0 Å². The Balaban J connectivity index is 1.84. The summed E-state index contributed by atoms with van der Waals surface area (Å²) in [6.07, 6.45) is 8.63. The van der Waals surface area contributed by atoms with Gasteiger partial charge in [0.05, 0.1) is 18.4 Å². The lowest BCUT2D eigenvalue weighted by Crippen LogP contribution is -2.35. The molecule has 2 aliphatic heterocycles. The molecule has 0 aliphatic carbocycles. The van der Waals surface area contributed by atoms with Crippen molar-refractivity contribution >= 4 is 23.1 Å². The van der Waals surface area contributed by atoms with E-state index in [1.165, 1.54) is 0 Å². The Hall–Kier alpha value is -2.97. The molecule has 0 radical (unpaired) electrons. The van der Waals surface area contributed by atoms with Gasteiger partial charge in [-0.2, -0.15) is 5.10 Å². The fraction of sp³-hybridized carbons (Fsp3) is 0.500. The molecule has 8 nitrogen and oxygen atoms in total. The van der Waals surface area contributed by atoms with E-state index in [4.69, 9.17) is 36.9 Å². The minimum Gasteiger partial charge on any atom is -0.480 e. The van der Waals surface area contributed by atoms with E-state index in [-0.39, 0.29) is 11.5 Å². The van der Waals surface area contributed by atoms with Gasteiger partial charge in [0.25, 0.3) is 0 Å². The van der Waals surface area contributed by atoms with E-state index in [2.05, 4.69) is 25.2 Å². The Morgan fingerprint density at radius 1 is 1.35 bits per heavy atom. The molecule has 9 heteroatoms. The highest BCUT2D eigenvalue weighted by Gasteiger charge is 2.26. The van der Waals surface area contributed by atoms with Gasteiger partial charge in [-0.3, -0.25) is 5.01 Å². The third kappa shape index (κ3) is 7.08. The number of hydrazone groups is 1. The van der Waals surface area contributed by atoms with E-state index in [1.807, 2.05) is 61.4 Å². The summed E-state index contributed by atoms with van der Waals surface area (Å²) in [7, 11) is 7.21. The third-order valence-corrected chi connectivity index (χ3v) is 7.35. The van der Waals surface area contributed by atoms with Crippen LogP contribution < -0.4 is 11.1 Å². The first-order valence-electron chi connectivity index (χ1n) is 12.7. The number of hydrogen-bond donors (Lipinski definition) is 2. The average molecular weight is 529 g/mol. The van der Waals surface area contributed by atoms with Gasteiger partial charge in [0.1, 0.15) is 5.71 Å². The van der Waals surface area contributed by atoms with E-state index in [1.54, 1.807) is 14.2 Å². The number of nitrogens with two attached hydrogens (primary N) is 1. The number of nitrogens with one attached hydrogen (secondary N) is 1. The molecule has 37 heavy (non-hydrogen) atoms. The Kier molecular flexibility index (Phi) is 9.68. The first-order valence-corrected chi connectivity index (χ1v) is 13.0. The largest absolute Gasteiger partial charge is 0.480 e. The molecule has 1 atom stereocenters. The third-order valence-electron chi connectivity index (χ3n) is 7.01. The minimum absolute atomic E-state index is 0.244. The lowest BCUT2D eigenvalue weighted by atomic mass is 9.87. The van der Waals surface area contributed by atoms with Gasteiger partial charge >= 0.3 is 0 Å². The molecule has 0 saturated carbocycles. The molecule has 0 bridgehead atoms. The molecule has 0 amide bonds. The summed E-state index contributed by atoms with van der Waals surface area (Å²) in [4.78, 5) is 6.72. The van der Waals surface area contributed by atoms with Crippen molar-refractivity contribution in [3.8, 4) is 0 Å². The van der Waals surface area contributed by atoms with Crippen molar-refractivity contribution in [2.45, 2.75) is 51.6 Å². The van der Waals surface area contributed by atoms with Crippen LogP contribution in [0.5, 0.6) is 0 Å². The normalized spacial score (nSPS) is 19.5. The fourth-order valence-corrected chi connectivity index (χ4v) is 4.74. The van der Waals surface area contributed by atoms with E-state index >= 15 is 0 Å². The second-order valence-corrected chi connectivity index (χ2v) is 10.3. The number of aliphatic imine (C=N–C) groups is 1. The molecule has 3 rings (SSSR count). The van der Waals surface area contributed by atoms with Crippen LogP contribution in [-0.2, 0) is 15.1 Å². The zero-order valence-electron chi connectivity index (χ0n) is 23.1. The summed E-state index contributed by atoms with van der Waals surface area (Å²) in [5.74, 6) is 1.12. The van der Waals surface area contributed by atoms with Gasteiger partial charge in [0, 0.05) is 63.6 Å². The van der Waals surface area contributed by atoms with Crippen LogP contribution in [0.3, 0.4) is 0 Å². The topological polar surface area (TPSA) is 87.7 Å². The molecule has 0 unspecified atom stereocenters. The predicted octanol–water partition coefficient (Wildman–Crippen LogP) is 4.90. The van der Waals surface area contributed by atoms with Crippen LogP contribution >= 0.6 is 11.6 Å². The lowest BCUT2D eigenvalue weighted by molar-refractivity contribution is 0.0191. The van der Waals surface area contributed by atoms with Crippen LogP contribution in [0.15, 0.2) is 63.9 Å². The monoisotopic (exact) mass is 528 g/mol. The Morgan fingerprint density at radius 2 is 2.11 bits per heavy atom. The number of halogens is 1. The molecule has 3 N–H and O–H groups in total. The number of benzene rings is 1. The summed E-state index contributed by atoms with van der Waals surface area (Å²) in [6, 6.07) is 6.17. The average Bonchev–Trinajstić information content (AvgIpc) is 3.11. The number of piperidine rings is 1. The first-order chi connectivity index (χ1) is 17.6. The van der Waals surface area contributed by atoms with Crippen molar-refractivity contribution in [2.75, 3.05) is 41.4 Å². The smallest absolute Gasteiger partial charge is 0.234 e. The molecular weight excluding hydrogens is 488 g/mol. The zero-order valence-corrected chi connectivity index (χ0v) is 23.9. The maximum Gasteiger partial charge on any atom is 0.234 e. The van der Waals surface area contributed by atoms with E-state index in [9.17, 15) is 0 Å². The van der Waals surface area contributed by atoms with Gasteiger partial charge in [0.2, 0.25) is 5.88 Å². The number of methoxy groups -OCH3 is 2. The molecule has 1 aromatic rings. The summed E-state index contributed by atoms with van der Waals surface area (Å²) >= 11 is 6.65. The number of ether oxygens (including phenoxy) is 2. The van der Waals surface area contributed by atoms with Crippen molar-refractivity contribution in [1.82, 2.24) is 15.2 Å². The number of allylic oxidation sites excluding steroid dienone is 2. The maximum absolute atomic E-state index is 6.65. The van der Waals surface area contributed by atoms with E-state index < -0.39 is 0 Å². The molecule has 1 saturated heterocycles. The van der Waals surface area contributed by atoms with Crippen molar-refractivity contribution in [2.24, 2.45) is 15.8 Å². The molecule has 2 aliphatic rings. The second kappa shape index (κ2) is 12.5. The highest BCUT2D eigenvalue weighted by Crippen LogP contribution is 2.35. The highest BCUT2D eigenvalue weighted by atomic mass is 35.5. The quantitative estimate of drug-likeness (QED) is 0.350. The summed E-state index contributed by atoms with van der Waals surface area (Å²) in [6.45, 7) is 7.67. The standard InChI is InChI=1S/C28H41ClN6O2/c1-19(31-4)17-34(5)25-12-8-11-24(32-27(25)36-6)26(30)33-35-15-9-10-20(18-35)22-16-21(13-14-23(22)29)28(2,3)37-7/h8,11,13-14,16-17,20,31H,9-10,12,15,18H2,1-7H3,(H2,30,33)/b19-17-/t20-/m0/s1. The van der Waals surface area contributed by atoms with Gasteiger partial charge in [-0.25, -0.2) is 4.99 Å². The van der Waals surface area contributed by atoms with Crippen molar-refractivity contribution < 1.29 is 9.47 Å². The molecule has 2 heterocycles. The Labute approximate surface area is 226 Å². The Bertz CT molecular complexity index is 1120. The van der Waals surface area contributed by atoms with Crippen molar-refractivity contribution in [1.29, 1.82) is 0 Å². The molecule has 1 aromatic carbocycles.